The van der Waals surface area contributed by atoms with Crippen molar-refractivity contribution in [2.24, 2.45) is 5.92 Å². The van der Waals surface area contributed by atoms with Crippen molar-refractivity contribution in [3.63, 3.8) is 0 Å². The average molecular weight is 300 g/mol. The van der Waals surface area contributed by atoms with Crippen LogP contribution in [0.1, 0.15) is 39.5 Å². The second kappa shape index (κ2) is 6.24. The van der Waals surface area contributed by atoms with E-state index >= 15 is 0 Å². The number of carbonyl (C=O) groups is 2. The van der Waals surface area contributed by atoms with Crippen molar-refractivity contribution in [2.45, 2.75) is 57.0 Å². The predicted octanol–water partition coefficient (Wildman–Crippen LogP) is 2.46. The first kappa shape index (κ1) is 15.5. The van der Waals surface area contributed by atoms with Gasteiger partial charge in [-0.1, -0.05) is 26.7 Å². The summed E-state index contributed by atoms with van der Waals surface area (Å²) >= 11 is 1.58. The number of carboxylic acid groups (broad SMARTS) is 1. The van der Waals surface area contributed by atoms with Gasteiger partial charge in [-0.3, -0.25) is 4.90 Å². The summed E-state index contributed by atoms with van der Waals surface area (Å²) in [6.45, 7) is 4.08. The van der Waals surface area contributed by atoms with Crippen LogP contribution in [0.3, 0.4) is 0 Å². The molecule has 114 valence electrons. The molecule has 2 amide bonds. The predicted molar refractivity (Wildman–Crippen MR) is 79.8 cm³/mol. The van der Waals surface area contributed by atoms with Gasteiger partial charge < -0.3 is 10.0 Å². The summed E-state index contributed by atoms with van der Waals surface area (Å²) in [5.74, 6) is -0.151. The number of carboxylic acids is 1. The van der Waals surface area contributed by atoms with Crippen molar-refractivity contribution < 1.29 is 14.7 Å². The van der Waals surface area contributed by atoms with Gasteiger partial charge in [0.05, 0.1) is 5.37 Å². The molecule has 2 aliphatic rings. The molecular formula is C14H24N2O3S. The lowest BCUT2D eigenvalue weighted by molar-refractivity contribution is -0.141. The highest BCUT2D eigenvalue weighted by molar-refractivity contribution is 8.00. The summed E-state index contributed by atoms with van der Waals surface area (Å²) in [6.07, 6.45) is 4.39. The van der Waals surface area contributed by atoms with E-state index in [1.54, 1.807) is 21.6 Å². The summed E-state index contributed by atoms with van der Waals surface area (Å²) in [5.41, 5.74) is 0. The Hall–Kier alpha value is -0.910. The summed E-state index contributed by atoms with van der Waals surface area (Å²) < 4.78 is 0. The Morgan fingerprint density at radius 2 is 1.90 bits per heavy atom. The molecule has 0 bridgehead atoms. The van der Waals surface area contributed by atoms with E-state index < -0.39 is 12.0 Å². The SMILES string of the molecule is CC(C)C1SCC(C(=O)O)N1C(=O)N(C)C1CCCC1. The van der Waals surface area contributed by atoms with E-state index in [0.717, 1.165) is 25.7 Å². The maximum Gasteiger partial charge on any atom is 0.327 e. The van der Waals surface area contributed by atoms with E-state index in [-0.39, 0.29) is 23.4 Å². The fourth-order valence-corrected chi connectivity index (χ4v) is 4.57. The Morgan fingerprint density at radius 1 is 1.30 bits per heavy atom. The zero-order chi connectivity index (χ0) is 14.9. The molecule has 6 heteroatoms. The number of nitrogens with zero attached hydrogens (tertiary/aromatic N) is 2. The number of rotatable bonds is 3. The van der Waals surface area contributed by atoms with Crippen LogP contribution in [0.4, 0.5) is 4.79 Å². The van der Waals surface area contributed by atoms with E-state index in [4.69, 9.17) is 0 Å². The van der Waals surface area contributed by atoms with Crippen LogP contribution in [-0.2, 0) is 4.79 Å². The third-order valence-corrected chi connectivity index (χ3v) is 5.91. The minimum Gasteiger partial charge on any atom is -0.480 e. The van der Waals surface area contributed by atoms with Crippen molar-refractivity contribution in [1.82, 2.24) is 9.80 Å². The number of amides is 2. The van der Waals surface area contributed by atoms with Crippen molar-refractivity contribution in [2.75, 3.05) is 12.8 Å². The quantitative estimate of drug-likeness (QED) is 0.870. The molecule has 0 aromatic carbocycles. The van der Waals surface area contributed by atoms with E-state index in [2.05, 4.69) is 0 Å². The van der Waals surface area contributed by atoms with E-state index in [0.29, 0.717) is 5.75 Å². The standard InChI is InChI=1S/C14H24N2O3S/c1-9(2)12-16(11(8-20-12)13(17)18)14(19)15(3)10-6-4-5-7-10/h9-12H,4-8H2,1-3H3,(H,17,18). The van der Waals surface area contributed by atoms with Crippen LogP contribution in [0.25, 0.3) is 0 Å². The van der Waals surface area contributed by atoms with Crippen LogP contribution >= 0.6 is 11.8 Å². The average Bonchev–Trinajstić information content (AvgIpc) is 3.05. The number of aliphatic carboxylic acids is 1. The summed E-state index contributed by atoms with van der Waals surface area (Å²) in [6, 6.07) is -0.535. The van der Waals surface area contributed by atoms with Gasteiger partial charge in [-0.15, -0.1) is 11.8 Å². The van der Waals surface area contributed by atoms with E-state index in [1.807, 2.05) is 20.9 Å². The minimum atomic E-state index is -0.895. The number of carbonyl (C=O) groups excluding carboxylic acids is 1. The second-order valence-corrected chi connectivity index (χ2v) is 7.21. The lowest BCUT2D eigenvalue weighted by Crippen LogP contribution is -2.53. The molecule has 1 saturated heterocycles. The van der Waals surface area contributed by atoms with Crippen LogP contribution in [0.2, 0.25) is 0 Å². The molecule has 1 saturated carbocycles. The molecule has 0 radical (unpaired) electrons. The van der Waals surface area contributed by atoms with Crippen LogP contribution in [0.15, 0.2) is 0 Å². The lowest BCUT2D eigenvalue weighted by Gasteiger charge is -2.35. The van der Waals surface area contributed by atoms with Crippen LogP contribution in [0.5, 0.6) is 0 Å². The molecule has 1 aliphatic heterocycles. The zero-order valence-corrected chi connectivity index (χ0v) is 13.2. The topological polar surface area (TPSA) is 60.9 Å². The molecule has 2 atom stereocenters. The van der Waals surface area contributed by atoms with Crippen LogP contribution in [0, 0.1) is 5.92 Å². The number of urea groups is 1. The van der Waals surface area contributed by atoms with Crippen LogP contribution < -0.4 is 0 Å². The molecule has 5 nitrogen and oxygen atoms in total. The number of thioether (sulfide) groups is 1. The molecule has 1 heterocycles. The second-order valence-electron chi connectivity index (χ2n) is 6.06. The Bertz CT molecular complexity index is 383. The molecule has 2 unspecified atom stereocenters. The smallest absolute Gasteiger partial charge is 0.327 e. The fourth-order valence-electron chi connectivity index (χ4n) is 3.10. The largest absolute Gasteiger partial charge is 0.480 e. The monoisotopic (exact) mass is 300 g/mol. The molecule has 0 aromatic rings. The van der Waals surface area contributed by atoms with E-state index in [1.165, 1.54) is 0 Å². The highest BCUT2D eigenvalue weighted by Crippen LogP contribution is 2.35. The van der Waals surface area contributed by atoms with Crippen molar-refractivity contribution in [1.29, 1.82) is 0 Å². The Balaban J connectivity index is 2.15. The molecule has 2 fully saturated rings. The highest BCUT2D eigenvalue weighted by atomic mass is 32.2. The van der Waals surface area contributed by atoms with E-state index in [9.17, 15) is 14.7 Å². The van der Waals surface area contributed by atoms with Gasteiger partial charge in [-0.05, 0) is 18.8 Å². The number of hydrogen-bond acceptors (Lipinski definition) is 3. The molecule has 1 N–H and O–H groups in total. The molecule has 0 aromatic heterocycles. The van der Waals surface area contributed by atoms with Crippen molar-refractivity contribution >= 4 is 23.8 Å². The Kier molecular flexibility index (Phi) is 4.83. The van der Waals surface area contributed by atoms with Gasteiger partial charge in [0.25, 0.3) is 0 Å². The first-order valence-electron chi connectivity index (χ1n) is 7.33. The molecular weight excluding hydrogens is 276 g/mol. The fraction of sp³-hybridized carbons (Fsp3) is 0.857. The van der Waals surface area contributed by atoms with Gasteiger partial charge in [-0.25, -0.2) is 9.59 Å². The van der Waals surface area contributed by atoms with Crippen molar-refractivity contribution in [3.8, 4) is 0 Å². The highest BCUT2D eigenvalue weighted by Gasteiger charge is 2.44. The van der Waals surface area contributed by atoms with Crippen LogP contribution in [-0.4, -0.2) is 57.2 Å². The van der Waals surface area contributed by atoms with Gasteiger partial charge in [0.2, 0.25) is 0 Å². The summed E-state index contributed by atoms with van der Waals surface area (Å²) in [5, 5.41) is 9.32. The van der Waals surface area contributed by atoms with Gasteiger partial charge in [0, 0.05) is 18.8 Å². The third-order valence-electron chi connectivity index (χ3n) is 4.29. The summed E-state index contributed by atoms with van der Waals surface area (Å²) in [4.78, 5) is 27.5. The maximum atomic E-state index is 12.7. The van der Waals surface area contributed by atoms with Crippen molar-refractivity contribution in [3.05, 3.63) is 0 Å². The zero-order valence-electron chi connectivity index (χ0n) is 12.4. The first-order valence-corrected chi connectivity index (χ1v) is 8.38. The Labute approximate surface area is 124 Å². The summed E-state index contributed by atoms with van der Waals surface area (Å²) in [7, 11) is 1.82. The van der Waals surface area contributed by atoms with Gasteiger partial charge in [-0.2, -0.15) is 0 Å². The molecule has 20 heavy (non-hydrogen) atoms. The third kappa shape index (κ3) is 2.90. The lowest BCUT2D eigenvalue weighted by atomic mass is 10.1. The molecule has 1 aliphatic carbocycles. The number of hydrogen-bond donors (Lipinski definition) is 1. The minimum absolute atomic E-state index is 0.0348. The normalized spacial score (nSPS) is 27.3. The molecule has 0 spiro atoms. The first-order chi connectivity index (χ1) is 9.43. The maximum absolute atomic E-state index is 12.7. The van der Waals surface area contributed by atoms with Gasteiger partial charge in [0.15, 0.2) is 0 Å². The Morgan fingerprint density at radius 3 is 2.40 bits per heavy atom. The van der Waals surface area contributed by atoms with Gasteiger partial charge >= 0.3 is 12.0 Å². The van der Waals surface area contributed by atoms with Gasteiger partial charge in [0.1, 0.15) is 6.04 Å². The molecule has 2 rings (SSSR count).